The normalized spacial score (nSPS) is 12.0. The fourth-order valence-corrected chi connectivity index (χ4v) is 1.85. The molecule has 0 fully saturated rings. The van der Waals surface area contributed by atoms with Crippen LogP contribution in [0.3, 0.4) is 0 Å². The van der Waals surface area contributed by atoms with E-state index in [4.69, 9.17) is 0 Å². The lowest BCUT2D eigenvalue weighted by molar-refractivity contribution is 0.348. The van der Waals surface area contributed by atoms with Crippen molar-refractivity contribution in [3.63, 3.8) is 0 Å². The van der Waals surface area contributed by atoms with E-state index in [-0.39, 0.29) is 0 Å². The van der Waals surface area contributed by atoms with Crippen LogP contribution in [0.25, 0.3) is 0 Å². The highest BCUT2D eigenvalue weighted by atomic mass is 32.1. The van der Waals surface area contributed by atoms with Crippen LogP contribution in [0.5, 0.6) is 0 Å². The van der Waals surface area contributed by atoms with Crippen molar-refractivity contribution in [1.29, 1.82) is 0 Å². The van der Waals surface area contributed by atoms with Crippen LogP contribution in [0.15, 0.2) is 0 Å². The van der Waals surface area contributed by atoms with Crippen molar-refractivity contribution in [3.8, 4) is 0 Å². The van der Waals surface area contributed by atoms with E-state index in [2.05, 4.69) is 30.1 Å². The van der Waals surface area contributed by atoms with Crippen molar-refractivity contribution in [2.45, 2.75) is 40.5 Å². The molecule has 2 nitrogen and oxygen atoms in total. The number of hydrogen-bond donors (Lipinski definition) is 0. The van der Waals surface area contributed by atoms with Crippen LogP contribution in [0.2, 0.25) is 0 Å². The van der Waals surface area contributed by atoms with E-state index in [1.165, 1.54) is 23.0 Å². The fourth-order valence-electron chi connectivity index (χ4n) is 0.946. The van der Waals surface area contributed by atoms with Crippen molar-refractivity contribution < 1.29 is 0 Å². The molecular weight excluding hydrogens is 168 g/mol. The lowest BCUT2D eigenvalue weighted by atomic mass is 9.87. The van der Waals surface area contributed by atoms with Crippen molar-refractivity contribution in [2.75, 3.05) is 0 Å². The molecule has 0 bridgehead atoms. The Morgan fingerprint density at radius 2 is 2.08 bits per heavy atom. The Balaban J connectivity index is 2.63. The van der Waals surface area contributed by atoms with Crippen LogP contribution in [-0.4, -0.2) is 9.36 Å². The van der Waals surface area contributed by atoms with Crippen LogP contribution >= 0.6 is 11.5 Å². The highest BCUT2D eigenvalue weighted by Crippen LogP contribution is 2.25. The van der Waals surface area contributed by atoms with Gasteiger partial charge in [0.05, 0.1) is 0 Å². The SMILES string of the molecule is CCC(C)(C)Cc1nc(C)ns1. The molecule has 0 aromatic carbocycles. The summed E-state index contributed by atoms with van der Waals surface area (Å²) in [5, 5.41) is 1.17. The Kier molecular flexibility index (Phi) is 2.83. The first kappa shape index (κ1) is 9.65. The van der Waals surface area contributed by atoms with Crippen molar-refractivity contribution in [2.24, 2.45) is 5.41 Å². The Labute approximate surface area is 78.2 Å². The molecule has 0 aliphatic rings. The third-order valence-electron chi connectivity index (χ3n) is 2.16. The zero-order valence-corrected chi connectivity index (χ0v) is 9.03. The van der Waals surface area contributed by atoms with E-state index in [1.54, 1.807) is 0 Å². The molecule has 1 aromatic heterocycles. The van der Waals surface area contributed by atoms with Gasteiger partial charge in [0.15, 0.2) is 0 Å². The molecule has 1 heterocycles. The molecule has 0 atom stereocenters. The van der Waals surface area contributed by atoms with Gasteiger partial charge in [-0.3, -0.25) is 0 Å². The number of aromatic nitrogens is 2. The van der Waals surface area contributed by atoms with Gasteiger partial charge in [-0.15, -0.1) is 0 Å². The van der Waals surface area contributed by atoms with E-state index in [1.807, 2.05) is 6.92 Å². The molecule has 1 aromatic rings. The molecule has 0 N–H and O–H groups in total. The molecule has 0 saturated heterocycles. The Morgan fingerprint density at radius 1 is 1.42 bits per heavy atom. The summed E-state index contributed by atoms with van der Waals surface area (Å²) in [4.78, 5) is 4.35. The van der Waals surface area contributed by atoms with Crippen molar-refractivity contribution >= 4 is 11.5 Å². The molecule has 0 aliphatic heterocycles. The second-order valence-electron chi connectivity index (χ2n) is 3.93. The zero-order chi connectivity index (χ0) is 9.19. The number of aryl methyl sites for hydroxylation is 1. The first-order chi connectivity index (χ1) is 5.53. The number of rotatable bonds is 3. The van der Waals surface area contributed by atoms with Gasteiger partial charge < -0.3 is 0 Å². The molecule has 0 spiro atoms. The Bertz CT molecular complexity index is 253. The fraction of sp³-hybridized carbons (Fsp3) is 0.778. The molecule has 3 heteroatoms. The van der Waals surface area contributed by atoms with Crippen LogP contribution in [0, 0.1) is 12.3 Å². The van der Waals surface area contributed by atoms with Gasteiger partial charge in [-0.05, 0) is 23.9 Å². The average Bonchev–Trinajstić information content (AvgIpc) is 2.35. The minimum atomic E-state index is 0.367. The van der Waals surface area contributed by atoms with Gasteiger partial charge in [0, 0.05) is 6.42 Å². The lowest BCUT2D eigenvalue weighted by Gasteiger charge is -2.20. The van der Waals surface area contributed by atoms with Gasteiger partial charge >= 0.3 is 0 Å². The second kappa shape index (κ2) is 3.52. The van der Waals surface area contributed by atoms with Crippen LogP contribution < -0.4 is 0 Å². The molecule has 0 amide bonds. The topological polar surface area (TPSA) is 25.8 Å². The second-order valence-corrected chi connectivity index (χ2v) is 4.77. The summed E-state index contributed by atoms with van der Waals surface area (Å²) in [5.41, 5.74) is 0.367. The predicted octanol–water partition coefficient (Wildman–Crippen LogP) is 2.83. The maximum atomic E-state index is 4.35. The van der Waals surface area contributed by atoms with E-state index in [0.717, 1.165) is 12.2 Å². The highest BCUT2D eigenvalue weighted by molar-refractivity contribution is 7.05. The number of nitrogens with zero attached hydrogens (tertiary/aromatic N) is 2. The molecule has 0 aliphatic carbocycles. The molecular formula is C9H16N2S. The maximum Gasteiger partial charge on any atom is 0.139 e. The van der Waals surface area contributed by atoms with E-state index >= 15 is 0 Å². The van der Waals surface area contributed by atoms with Crippen LogP contribution in [0.1, 0.15) is 38.0 Å². The van der Waals surface area contributed by atoms with Gasteiger partial charge in [-0.1, -0.05) is 27.2 Å². The Hall–Kier alpha value is -0.440. The van der Waals surface area contributed by atoms with Crippen LogP contribution in [-0.2, 0) is 6.42 Å². The summed E-state index contributed by atoms with van der Waals surface area (Å²) >= 11 is 1.53. The molecule has 1 rings (SSSR count). The summed E-state index contributed by atoms with van der Waals surface area (Å²) in [6.45, 7) is 8.69. The summed E-state index contributed by atoms with van der Waals surface area (Å²) in [5.74, 6) is 0.905. The summed E-state index contributed by atoms with van der Waals surface area (Å²) in [6.07, 6.45) is 2.24. The molecule has 12 heavy (non-hydrogen) atoms. The quantitative estimate of drug-likeness (QED) is 0.722. The average molecular weight is 184 g/mol. The molecule has 68 valence electrons. The van der Waals surface area contributed by atoms with Crippen LogP contribution in [0.4, 0.5) is 0 Å². The van der Waals surface area contributed by atoms with Gasteiger partial charge in [0.25, 0.3) is 0 Å². The third-order valence-corrected chi connectivity index (χ3v) is 2.96. The lowest BCUT2D eigenvalue weighted by Crippen LogP contribution is -2.12. The maximum absolute atomic E-state index is 4.35. The summed E-state index contributed by atoms with van der Waals surface area (Å²) < 4.78 is 4.17. The Morgan fingerprint density at radius 3 is 2.50 bits per heavy atom. The smallest absolute Gasteiger partial charge is 0.139 e. The highest BCUT2D eigenvalue weighted by Gasteiger charge is 2.17. The third kappa shape index (κ3) is 2.55. The minimum Gasteiger partial charge on any atom is -0.225 e. The first-order valence-electron chi connectivity index (χ1n) is 4.33. The first-order valence-corrected chi connectivity index (χ1v) is 5.10. The van der Waals surface area contributed by atoms with Gasteiger partial charge in [-0.2, -0.15) is 4.37 Å². The molecule has 0 saturated carbocycles. The monoisotopic (exact) mass is 184 g/mol. The summed E-state index contributed by atoms with van der Waals surface area (Å²) in [7, 11) is 0. The zero-order valence-electron chi connectivity index (χ0n) is 8.22. The summed E-state index contributed by atoms with van der Waals surface area (Å²) in [6, 6.07) is 0. The predicted molar refractivity (Wildman–Crippen MR) is 52.4 cm³/mol. The standard InChI is InChI=1S/C9H16N2S/c1-5-9(3,4)6-8-10-7(2)11-12-8/h5-6H2,1-4H3. The molecule has 0 unspecified atom stereocenters. The van der Waals surface area contributed by atoms with Gasteiger partial charge in [0.2, 0.25) is 0 Å². The number of hydrogen-bond acceptors (Lipinski definition) is 3. The van der Waals surface area contributed by atoms with Crippen molar-refractivity contribution in [3.05, 3.63) is 10.8 Å². The van der Waals surface area contributed by atoms with E-state index in [9.17, 15) is 0 Å². The van der Waals surface area contributed by atoms with Gasteiger partial charge in [-0.25, -0.2) is 4.98 Å². The van der Waals surface area contributed by atoms with E-state index < -0.39 is 0 Å². The minimum absolute atomic E-state index is 0.367. The van der Waals surface area contributed by atoms with Crippen molar-refractivity contribution in [1.82, 2.24) is 9.36 Å². The van der Waals surface area contributed by atoms with E-state index in [0.29, 0.717) is 5.41 Å². The molecule has 0 radical (unpaired) electrons. The van der Waals surface area contributed by atoms with Gasteiger partial charge in [0.1, 0.15) is 10.8 Å². The largest absolute Gasteiger partial charge is 0.225 e.